The van der Waals surface area contributed by atoms with Crippen molar-refractivity contribution in [3.63, 3.8) is 0 Å². The molecular formula is C13H15ClN2O5. The summed E-state index contributed by atoms with van der Waals surface area (Å²) in [5.41, 5.74) is 0. The van der Waals surface area contributed by atoms with E-state index in [2.05, 4.69) is 10.6 Å². The van der Waals surface area contributed by atoms with Crippen LogP contribution in [0.25, 0.3) is 0 Å². The van der Waals surface area contributed by atoms with Crippen LogP contribution < -0.4 is 15.4 Å². The first-order valence-corrected chi connectivity index (χ1v) is 6.48. The van der Waals surface area contributed by atoms with Gasteiger partial charge in [0, 0.05) is 11.6 Å². The van der Waals surface area contributed by atoms with Crippen LogP contribution in [0.15, 0.2) is 24.3 Å². The summed E-state index contributed by atoms with van der Waals surface area (Å²) in [7, 11) is 0. The van der Waals surface area contributed by atoms with E-state index in [1.165, 1.54) is 0 Å². The lowest BCUT2D eigenvalue weighted by Crippen LogP contribution is -2.39. The molecule has 1 aromatic rings. The highest BCUT2D eigenvalue weighted by molar-refractivity contribution is 6.30. The van der Waals surface area contributed by atoms with Gasteiger partial charge in [0.1, 0.15) is 5.75 Å². The zero-order valence-corrected chi connectivity index (χ0v) is 11.9. The summed E-state index contributed by atoms with van der Waals surface area (Å²) in [5, 5.41) is 13.7. The Morgan fingerprint density at radius 2 is 1.76 bits per heavy atom. The van der Waals surface area contributed by atoms with Crippen LogP contribution >= 0.6 is 11.6 Å². The number of carboxylic acids is 1. The van der Waals surface area contributed by atoms with Crippen LogP contribution in [0.3, 0.4) is 0 Å². The summed E-state index contributed by atoms with van der Waals surface area (Å²) in [6.45, 7) is -0.447. The summed E-state index contributed by atoms with van der Waals surface area (Å²) < 4.78 is 5.19. The third kappa shape index (κ3) is 7.78. The van der Waals surface area contributed by atoms with Gasteiger partial charge in [0.2, 0.25) is 5.91 Å². The molecule has 0 saturated heterocycles. The average Bonchev–Trinajstić information content (AvgIpc) is 2.44. The van der Waals surface area contributed by atoms with Crippen LogP contribution in [0.1, 0.15) is 6.42 Å². The number of hydrogen-bond acceptors (Lipinski definition) is 4. The third-order valence-electron chi connectivity index (χ3n) is 2.29. The monoisotopic (exact) mass is 314 g/mol. The zero-order valence-electron chi connectivity index (χ0n) is 11.1. The predicted molar refractivity (Wildman–Crippen MR) is 75.2 cm³/mol. The number of aliphatic carboxylic acids is 1. The second-order valence-electron chi connectivity index (χ2n) is 4.01. The molecular weight excluding hydrogens is 300 g/mol. The number of rotatable bonds is 8. The highest BCUT2D eigenvalue weighted by Gasteiger charge is 2.06. The fourth-order valence-corrected chi connectivity index (χ4v) is 1.41. The first-order valence-electron chi connectivity index (χ1n) is 6.11. The SMILES string of the molecule is O=C(O)CCNC(=O)CNC(=O)COc1ccc(Cl)cc1. The lowest BCUT2D eigenvalue weighted by molar-refractivity contribution is -0.137. The molecule has 0 radical (unpaired) electrons. The first-order chi connectivity index (χ1) is 9.97. The Morgan fingerprint density at radius 3 is 2.38 bits per heavy atom. The average molecular weight is 315 g/mol. The predicted octanol–water partition coefficient (Wildman–Crippen LogP) is 0.426. The van der Waals surface area contributed by atoms with Crippen molar-refractivity contribution in [1.29, 1.82) is 0 Å². The molecule has 21 heavy (non-hydrogen) atoms. The maximum atomic E-state index is 11.4. The number of halogens is 1. The molecule has 0 aliphatic carbocycles. The summed E-state index contributed by atoms with van der Waals surface area (Å²) in [6, 6.07) is 6.50. The number of amides is 2. The van der Waals surface area contributed by atoms with Gasteiger partial charge in [0.05, 0.1) is 13.0 Å². The van der Waals surface area contributed by atoms with Crippen molar-refractivity contribution in [2.45, 2.75) is 6.42 Å². The van der Waals surface area contributed by atoms with Gasteiger partial charge in [-0.15, -0.1) is 0 Å². The molecule has 1 aromatic carbocycles. The van der Waals surface area contributed by atoms with E-state index in [0.717, 1.165) is 0 Å². The number of benzene rings is 1. The lowest BCUT2D eigenvalue weighted by atomic mass is 10.3. The van der Waals surface area contributed by atoms with Crippen LogP contribution in [-0.4, -0.2) is 42.6 Å². The van der Waals surface area contributed by atoms with Gasteiger partial charge in [-0.3, -0.25) is 14.4 Å². The van der Waals surface area contributed by atoms with Crippen LogP contribution in [0, 0.1) is 0 Å². The van der Waals surface area contributed by atoms with E-state index < -0.39 is 17.8 Å². The van der Waals surface area contributed by atoms with Crippen molar-refractivity contribution in [3.05, 3.63) is 29.3 Å². The highest BCUT2D eigenvalue weighted by atomic mass is 35.5. The number of carbonyl (C=O) groups is 3. The smallest absolute Gasteiger partial charge is 0.305 e. The molecule has 8 heteroatoms. The van der Waals surface area contributed by atoms with Gasteiger partial charge in [-0.1, -0.05) is 11.6 Å². The Bertz CT molecular complexity index is 504. The molecule has 0 aliphatic rings. The van der Waals surface area contributed by atoms with Gasteiger partial charge < -0.3 is 20.5 Å². The molecule has 0 atom stereocenters. The fraction of sp³-hybridized carbons (Fsp3) is 0.308. The molecule has 0 unspecified atom stereocenters. The van der Waals surface area contributed by atoms with Crippen LogP contribution in [0.5, 0.6) is 5.75 Å². The standard InChI is InChI=1S/C13H15ClN2O5/c14-9-1-3-10(4-2-9)21-8-12(18)16-7-11(17)15-6-5-13(19)20/h1-4H,5-8H2,(H,15,17)(H,16,18)(H,19,20). The molecule has 0 spiro atoms. The minimum Gasteiger partial charge on any atom is -0.484 e. The molecule has 0 fully saturated rings. The Hall–Kier alpha value is -2.28. The normalized spacial score (nSPS) is 9.76. The molecule has 1 rings (SSSR count). The molecule has 0 saturated carbocycles. The lowest BCUT2D eigenvalue weighted by Gasteiger charge is -2.07. The molecule has 114 valence electrons. The minimum atomic E-state index is -1.00. The molecule has 3 N–H and O–H groups in total. The van der Waals surface area contributed by atoms with Gasteiger partial charge in [-0.05, 0) is 24.3 Å². The van der Waals surface area contributed by atoms with E-state index in [1.54, 1.807) is 24.3 Å². The molecule has 0 aliphatic heterocycles. The third-order valence-corrected chi connectivity index (χ3v) is 2.54. The van der Waals surface area contributed by atoms with Gasteiger partial charge in [-0.2, -0.15) is 0 Å². The van der Waals surface area contributed by atoms with Crippen molar-refractivity contribution in [1.82, 2.24) is 10.6 Å². The van der Waals surface area contributed by atoms with Crippen molar-refractivity contribution in [2.75, 3.05) is 19.7 Å². The fourth-order valence-electron chi connectivity index (χ4n) is 1.28. The van der Waals surface area contributed by atoms with E-state index in [-0.39, 0.29) is 26.1 Å². The van der Waals surface area contributed by atoms with E-state index >= 15 is 0 Å². The zero-order chi connectivity index (χ0) is 15.7. The number of hydrogen-bond donors (Lipinski definition) is 3. The largest absolute Gasteiger partial charge is 0.484 e. The second kappa shape index (κ2) is 8.80. The quantitative estimate of drug-likeness (QED) is 0.645. The highest BCUT2D eigenvalue weighted by Crippen LogP contribution is 2.15. The summed E-state index contributed by atoms with van der Waals surface area (Å²) in [5.74, 6) is -1.44. The second-order valence-corrected chi connectivity index (χ2v) is 4.45. The number of carboxylic acid groups (broad SMARTS) is 1. The van der Waals surface area contributed by atoms with Gasteiger partial charge in [-0.25, -0.2) is 0 Å². The van der Waals surface area contributed by atoms with E-state index in [0.29, 0.717) is 10.8 Å². The first kappa shape index (κ1) is 16.8. The maximum Gasteiger partial charge on any atom is 0.305 e. The molecule has 0 heterocycles. The minimum absolute atomic E-state index is 0.0192. The van der Waals surface area contributed by atoms with Crippen LogP contribution in [0.2, 0.25) is 5.02 Å². The molecule has 0 aromatic heterocycles. The Balaban J connectivity index is 2.17. The topological polar surface area (TPSA) is 105 Å². The molecule has 7 nitrogen and oxygen atoms in total. The van der Waals surface area contributed by atoms with Crippen LogP contribution in [-0.2, 0) is 14.4 Å². The van der Waals surface area contributed by atoms with Crippen molar-refractivity contribution < 1.29 is 24.2 Å². The van der Waals surface area contributed by atoms with Crippen molar-refractivity contribution >= 4 is 29.4 Å². The summed E-state index contributed by atoms with van der Waals surface area (Å²) >= 11 is 5.70. The molecule has 2 amide bonds. The van der Waals surface area contributed by atoms with Gasteiger partial charge in [0.15, 0.2) is 6.61 Å². The maximum absolute atomic E-state index is 11.4. The Morgan fingerprint density at radius 1 is 1.10 bits per heavy atom. The number of nitrogens with one attached hydrogen (secondary N) is 2. The van der Waals surface area contributed by atoms with E-state index in [4.69, 9.17) is 21.4 Å². The Labute approximate surface area is 126 Å². The van der Waals surface area contributed by atoms with Gasteiger partial charge >= 0.3 is 5.97 Å². The number of carbonyl (C=O) groups excluding carboxylic acids is 2. The molecule has 0 bridgehead atoms. The van der Waals surface area contributed by atoms with Crippen molar-refractivity contribution in [2.24, 2.45) is 0 Å². The summed E-state index contributed by atoms with van der Waals surface area (Å²) in [6.07, 6.45) is -0.167. The van der Waals surface area contributed by atoms with E-state index in [9.17, 15) is 14.4 Å². The number of ether oxygens (including phenoxy) is 1. The summed E-state index contributed by atoms with van der Waals surface area (Å²) in [4.78, 5) is 32.9. The van der Waals surface area contributed by atoms with Gasteiger partial charge in [0.25, 0.3) is 5.91 Å². The van der Waals surface area contributed by atoms with Crippen molar-refractivity contribution in [3.8, 4) is 5.75 Å². The van der Waals surface area contributed by atoms with Crippen LogP contribution in [0.4, 0.5) is 0 Å². The Kier molecular flexibility index (Phi) is 7.03. The van der Waals surface area contributed by atoms with E-state index in [1.807, 2.05) is 0 Å².